The molecule has 0 saturated carbocycles. The summed E-state index contributed by atoms with van der Waals surface area (Å²) in [6.45, 7) is 6.36. The van der Waals surface area contributed by atoms with Crippen LogP contribution in [0, 0.1) is 19.3 Å². The number of hydrogen-bond donors (Lipinski definition) is 1. The van der Waals surface area contributed by atoms with Crippen molar-refractivity contribution in [1.29, 1.82) is 0 Å². The highest BCUT2D eigenvalue weighted by Gasteiger charge is 2.57. The van der Waals surface area contributed by atoms with Crippen LogP contribution in [0.2, 0.25) is 0 Å². The molecule has 0 radical (unpaired) electrons. The van der Waals surface area contributed by atoms with Crippen LogP contribution < -0.4 is 10.2 Å². The topological polar surface area (TPSA) is 67.2 Å². The first-order valence-electron chi connectivity index (χ1n) is 10.7. The van der Waals surface area contributed by atoms with Crippen molar-refractivity contribution in [3.05, 3.63) is 70.9 Å². The third-order valence-electron chi connectivity index (χ3n) is 6.55. The highest BCUT2D eigenvalue weighted by Crippen LogP contribution is 2.53. The van der Waals surface area contributed by atoms with Crippen LogP contribution in [0.3, 0.4) is 0 Å². The van der Waals surface area contributed by atoms with Crippen molar-refractivity contribution in [1.82, 2.24) is 9.78 Å². The van der Waals surface area contributed by atoms with E-state index in [0.717, 1.165) is 28.1 Å². The van der Waals surface area contributed by atoms with E-state index >= 15 is 0 Å². The first kappa shape index (κ1) is 20.1. The van der Waals surface area contributed by atoms with E-state index in [9.17, 15) is 9.59 Å². The number of para-hydroxylation sites is 1. The van der Waals surface area contributed by atoms with Gasteiger partial charge in [0.2, 0.25) is 11.8 Å². The Morgan fingerprint density at radius 2 is 1.94 bits per heavy atom. The number of nitrogens with zero attached hydrogens (tertiary/aromatic N) is 3. The summed E-state index contributed by atoms with van der Waals surface area (Å²) < 4.78 is 1.71. The Labute approximate surface area is 187 Å². The molecule has 0 saturated heterocycles. The van der Waals surface area contributed by atoms with Crippen LogP contribution in [0.4, 0.5) is 11.5 Å². The van der Waals surface area contributed by atoms with Crippen LogP contribution in [-0.4, -0.2) is 28.1 Å². The smallest absolute Gasteiger partial charge is 0.243 e. The summed E-state index contributed by atoms with van der Waals surface area (Å²) in [6, 6.07) is 13.9. The van der Waals surface area contributed by atoms with E-state index in [-0.39, 0.29) is 30.7 Å². The Hall–Kier alpha value is -3.85. The summed E-state index contributed by atoms with van der Waals surface area (Å²) in [6.07, 6.45) is 7.34. The lowest BCUT2D eigenvalue weighted by atomic mass is 9.71. The molecular formula is C26H24N4O2. The van der Waals surface area contributed by atoms with E-state index in [1.807, 2.05) is 43.3 Å². The monoisotopic (exact) mass is 424 g/mol. The van der Waals surface area contributed by atoms with E-state index in [2.05, 4.69) is 36.2 Å². The Morgan fingerprint density at radius 3 is 2.66 bits per heavy atom. The summed E-state index contributed by atoms with van der Waals surface area (Å²) in [7, 11) is 0. The van der Waals surface area contributed by atoms with Crippen LogP contribution in [0.15, 0.2) is 48.7 Å². The van der Waals surface area contributed by atoms with Gasteiger partial charge in [-0.1, -0.05) is 50.1 Å². The quantitative estimate of drug-likeness (QED) is 0.648. The highest BCUT2D eigenvalue weighted by molar-refractivity contribution is 6.16. The van der Waals surface area contributed by atoms with E-state index in [4.69, 9.17) is 6.42 Å². The summed E-state index contributed by atoms with van der Waals surface area (Å²) in [5.41, 5.74) is 4.13. The number of aryl methyl sites for hydroxylation is 1. The molecule has 6 heteroatoms. The Bertz CT molecular complexity index is 1310. The molecule has 32 heavy (non-hydrogen) atoms. The molecule has 3 aromatic rings. The fourth-order valence-electron chi connectivity index (χ4n) is 4.90. The molecule has 2 amide bonds. The lowest BCUT2D eigenvalue weighted by Crippen LogP contribution is -2.46. The summed E-state index contributed by atoms with van der Waals surface area (Å²) in [5, 5.41) is 7.58. The predicted octanol–water partition coefficient (Wildman–Crippen LogP) is 3.91. The fourth-order valence-corrected chi connectivity index (χ4v) is 4.90. The SMILES string of the molecule is C#CCN1C(=O)[C@@]2(CC(=O)Nc3c2cnn3-c2ccccc2C)c2cc(C(C)C)ccc21. The molecule has 2 aliphatic heterocycles. The minimum Gasteiger partial charge on any atom is -0.310 e. The maximum atomic E-state index is 13.9. The molecule has 0 unspecified atom stereocenters. The predicted molar refractivity (Wildman–Crippen MR) is 124 cm³/mol. The van der Waals surface area contributed by atoms with Gasteiger partial charge in [0, 0.05) is 17.7 Å². The Kier molecular flexibility index (Phi) is 4.45. The average Bonchev–Trinajstić information content (AvgIpc) is 3.28. The first-order chi connectivity index (χ1) is 15.4. The molecule has 1 spiro atoms. The molecule has 0 aliphatic carbocycles. The Balaban J connectivity index is 1.79. The number of anilines is 2. The number of terminal acetylenes is 1. The summed E-state index contributed by atoms with van der Waals surface area (Å²) in [4.78, 5) is 28.6. The molecule has 160 valence electrons. The van der Waals surface area contributed by atoms with Crippen molar-refractivity contribution >= 4 is 23.3 Å². The summed E-state index contributed by atoms with van der Waals surface area (Å²) in [5.74, 6) is 3.02. The number of benzene rings is 2. The highest BCUT2D eigenvalue weighted by atomic mass is 16.2. The van der Waals surface area contributed by atoms with E-state index in [1.165, 1.54) is 0 Å². The van der Waals surface area contributed by atoms with Crippen LogP contribution in [0.25, 0.3) is 5.69 Å². The maximum absolute atomic E-state index is 13.9. The minimum atomic E-state index is -1.14. The molecule has 5 rings (SSSR count). The van der Waals surface area contributed by atoms with Crippen LogP contribution in [0.1, 0.15) is 48.4 Å². The molecule has 0 bridgehead atoms. The number of carbonyl (C=O) groups excluding carboxylic acids is 2. The fraction of sp³-hybridized carbons (Fsp3) is 0.269. The molecule has 1 atom stereocenters. The number of rotatable bonds is 3. The molecule has 1 aromatic heterocycles. The van der Waals surface area contributed by atoms with Gasteiger partial charge in [-0.25, -0.2) is 4.68 Å². The standard InChI is InChI=1S/C26H24N4O2/c1-5-12-29-22-11-10-18(16(2)3)13-19(22)26(25(29)32)14-23(31)28-24-20(26)15-27-30(24)21-9-7-6-8-17(21)4/h1,6-11,13,15-16H,12,14H2,2-4H3,(H,28,31)/t26-/m0/s1. The molecule has 6 nitrogen and oxygen atoms in total. The molecular weight excluding hydrogens is 400 g/mol. The normalized spacial score (nSPS) is 19.2. The van der Waals surface area contributed by atoms with Crippen LogP contribution >= 0.6 is 0 Å². The van der Waals surface area contributed by atoms with Crippen molar-refractivity contribution < 1.29 is 9.59 Å². The van der Waals surface area contributed by atoms with Crippen molar-refractivity contribution in [3.8, 4) is 18.0 Å². The van der Waals surface area contributed by atoms with Gasteiger partial charge in [0.05, 0.1) is 18.4 Å². The number of carbonyl (C=O) groups is 2. The second kappa shape index (κ2) is 7.10. The van der Waals surface area contributed by atoms with Gasteiger partial charge in [0.25, 0.3) is 0 Å². The molecule has 2 aliphatic rings. The minimum absolute atomic E-state index is 0.0217. The van der Waals surface area contributed by atoms with E-state index in [1.54, 1.807) is 15.8 Å². The van der Waals surface area contributed by atoms with Gasteiger partial charge < -0.3 is 5.32 Å². The lowest BCUT2D eigenvalue weighted by molar-refractivity contribution is -0.126. The zero-order valence-corrected chi connectivity index (χ0v) is 18.3. The van der Waals surface area contributed by atoms with Gasteiger partial charge in [-0.2, -0.15) is 5.10 Å². The number of amides is 2. The first-order valence-corrected chi connectivity index (χ1v) is 10.7. The van der Waals surface area contributed by atoms with Crippen LogP contribution in [0.5, 0.6) is 0 Å². The molecule has 2 aromatic carbocycles. The second-order valence-electron chi connectivity index (χ2n) is 8.76. The van der Waals surface area contributed by atoms with Crippen molar-refractivity contribution in [2.45, 2.75) is 38.5 Å². The molecule has 3 heterocycles. The zero-order valence-electron chi connectivity index (χ0n) is 18.3. The molecule has 1 N–H and O–H groups in total. The number of hydrogen-bond acceptors (Lipinski definition) is 3. The Morgan fingerprint density at radius 1 is 1.16 bits per heavy atom. The van der Waals surface area contributed by atoms with E-state index in [0.29, 0.717) is 11.4 Å². The van der Waals surface area contributed by atoms with Gasteiger partial charge in [0.15, 0.2) is 0 Å². The third kappa shape index (κ3) is 2.64. The number of fused-ring (bicyclic) bond motifs is 4. The zero-order chi connectivity index (χ0) is 22.6. The van der Waals surface area contributed by atoms with Gasteiger partial charge in [-0.3, -0.25) is 14.5 Å². The van der Waals surface area contributed by atoms with E-state index < -0.39 is 5.41 Å². The van der Waals surface area contributed by atoms with Crippen molar-refractivity contribution in [2.75, 3.05) is 16.8 Å². The summed E-state index contributed by atoms with van der Waals surface area (Å²) >= 11 is 0. The van der Waals surface area contributed by atoms with Crippen molar-refractivity contribution in [3.63, 3.8) is 0 Å². The van der Waals surface area contributed by atoms with Gasteiger partial charge in [-0.15, -0.1) is 6.42 Å². The van der Waals surface area contributed by atoms with Gasteiger partial charge in [-0.05, 0) is 41.7 Å². The van der Waals surface area contributed by atoms with Crippen LogP contribution in [-0.2, 0) is 15.0 Å². The van der Waals surface area contributed by atoms with Gasteiger partial charge >= 0.3 is 0 Å². The van der Waals surface area contributed by atoms with Crippen molar-refractivity contribution in [2.24, 2.45) is 0 Å². The van der Waals surface area contributed by atoms with Gasteiger partial charge in [0.1, 0.15) is 11.2 Å². The molecule has 0 fully saturated rings. The number of aromatic nitrogens is 2. The largest absolute Gasteiger partial charge is 0.310 e. The number of nitrogens with one attached hydrogen (secondary N) is 1. The second-order valence-corrected chi connectivity index (χ2v) is 8.76. The lowest BCUT2D eigenvalue weighted by Gasteiger charge is -2.32. The average molecular weight is 425 g/mol. The third-order valence-corrected chi connectivity index (χ3v) is 6.55. The maximum Gasteiger partial charge on any atom is 0.243 e.